The number of rotatable bonds is 11. The van der Waals surface area contributed by atoms with Crippen LogP contribution in [0.3, 0.4) is 0 Å². The van der Waals surface area contributed by atoms with Crippen molar-refractivity contribution in [2.45, 2.75) is 23.4 Å². The molecule has 0 radical (unpaired) electrons. The highest BCUT2D eigenvalue weighted by atomic mass is 32.2. The minimum absolute atomic E-state index is 0.0180. The number of amides is 1. The Morgan fingerprint density at radius 1 is 0.902 bits per heavy atom. The number of nitro groups is 1. The Morgan fingerprint density at radius 2 is 1.54 bits per heavy atom. The molecule has 206 valence electrons. The summed E-state index contributed by atoms with van der Waals surface area (Å²) in [4.78, 5) is 24.3. The molecule has 0 aliphatic heterocycles. The van der Waals surface area contributed by atoms with Gasteiger partial charge in [0.2, 0.25) is 0 Å². The molecular formula is C31H27N5O4S. The van der Waals surface area contributed by atoms with Crippen LogP contribution in [0.4, 0.5) is 5.69 Å². The van der Waals surface area contributed by atoms with Crippen LogP contribution in [0, 0.1) is 10.1 Å². The average molecular weight is 566 g/mol. The number of hydrogen-bond acceptors (Lipinski definition) is 7. The van der Waals surface area contributed by atoms with Crippen molar-refractivity contribution in [2.75, 3.05) is 7.11 Å². The standard InChI is InChI=1S/C31H27N5O4S/c1-40-27-18-12-24(13-19-27)30(37)32-28(20-22-8-4-2-5-9-22)29-33-34-31(41-21-23-10-6-3-7-11-23)35(29)25-14-16-26(17-15-25)36(38)39/h2-19,28H,20-21H2,1H3,(H,32,37). The van der Waals surface area contributed by atoms with E-state index in [1.54, 1.807) is 43.5 Å². The summed E-state index contributed by atoms with van der Waals surface area (Å²) < 4.78 is 7.09. The van der Waals surface area contributed by atoms with E-state index in [1.807, 2.05) is 65.2 Å². The average Bonchev–Trinajstić information content (AvgIpc) is 3.44. The maximum Gasteiger partial charge on any atom is 0.269 e. The number of nitro benzene ring substituents is 1. The van der Waals surface area contributed by atoms with Gasteiger partial charge in [-0.2, -0.15) is 0 Å². The maximum absolute atomic E-state index is 13.4. The van der Waals surface area contributed by atoms with Gasteiger partial charge >= 0.3 is 0 Å². The summed E-state index contributed by atoms with van der Waals surface area (Å²) >= 11 is 1.50. The van der Waals surface area contributed by atoms with Gasteiger partial charge in [-0.1, -0.05) is 72.4 Å². The molecule has 1 aromatic heterocycles. The van der Waals surface area contributed by atoms with E-state index in [9.17, 15) is 14.9 Å². The fourth-order valence-corrected chi connectivity index (χ4v) is 5.24. The van der Waals surface area contributed by atoms with E-state index in [0.29, 0.717) is 40.2 Å². The number of thioether (sulfide) groups is 1. The van der Waals surface area contributed by atoms with Gasteiger partial charge in [0.1, 0.15) is 5.75 Å². The minimum Gasteiger partial charge on any atom is -0.497 e. The quantitative estimate of drug-likeness (QED) is 0.115. The molecule has 9 nitrogen and oxygen atoms in total. The Balaban J connectivity index is 1.54. The second-order valence-corrected chi connectivity index (χ2v) is 10.1. The lowest BCUT2D eigenvalue weighted by molar-refractivity contribution is -0.384. The van der Waals surface area contributed by atoms with E-state index in [4.69, 9.17) is 4.74 Å². The number of aromatic nitrogens is 3. The highest BCUT2D eigenvalue weighted by Crippen LogP contribution is 2.30. The molecular weight excluding hydrogens is 538 g/mol. The third-order valence-electron chi connectivity index (χ3n) is 6.44. The lowest BCUT2D eigenvalue weighted by atomic mass is 10.0. The Morgan fingerprint density at radius 3 is 2.15 bits per heavy atom. The SMILES string of the molecule is COc1ccc(C(=O)NC(Cc2ccccc2)c2nnc(SCc3ccccc3)n2-c2ccc([N+](=O)[O-])cc2)cc1. The zero-order valence-electron chi connectivity index (χ0n) is 22.2. The van der Waals surface area contributed by atoms with Crippen molar-refractivity contribution in [3.8, 4) is 11.4 Å². The van der Waals surface area contributed by atoms with E-state index in [0.717, 1.165) is 11.1 Å². The monoisotopic (exact) mass is 565 g/mol. The Labute approximate surface area is 241 Å². The third-order valence-corrected chi connectivity index (χ3v) is 7.44. The van der Waals surface area contributed by atoms with Crippen LogP contribution in [0.5, 0.6) is 5.75 Å². The first-order valence-corrected chi connectivity index (χ1v) is 13.9. The summed E-state index contributed by atoms with van der Waals surface area (Å²) in [6, 6.07) is 32.4. The van der Waals surface area contributed by atoms with Crippen LogP contribution in [-0.4, -0.2) is 32.7 Å². The number of methoxy groups -OCH3 is 1. The summed E-state index contributed by atoms with van der Waals surface area (Å²) in [5, 5.41) is 24.1. The first kappa shape index (κ1) is 27.6. The van der Waals surface area contributed by atoms with Crippen molar-refractivity contribution < 1.29 is 14.5 Å². The first-order valence-electron chi connectivity index (χ1n) is 12.9. The Hall–Kier alpha value is -4.96. The highest BCUT2D eigenvalue weighted by Gasteiger charge is 2.26. The molecule has 1 unspecified atom stereocenters. The minimum atomic E-state index is -0.555. The first-order chi connectivity index (χ1) is 20.0. The van der Waals surface area contributed by atoms with E-state index >= 15 is 0 Å². The van der Waals surface area contributed by atoms with Crippen LogP contribution < -0.4 is 10.1 Å². The molecule has 1 amide bonds. The topological polar surface area (TPSA) is 112 Å². The highest BCUT2D eigenvalue weighted by molar-refractivity contribution is 7.98. The number of non-ortho nitro benzene ring substituents is 1. The third kappa shape index (κ3) is 6.79. The van der Waals surface area contributed by atoms with Crippen LogP contribution >= 0.6 is 11.8 Å². The van der Waals surface area contributed by atoms with Crippen molar-refractivity contribution in [2.24, 2.45) is 0 Å². The number of carbonyl (C=O) groups is 1. The Bertz CT molecular complexity index is 1610. The lowest BCUT2D eigenvalue weighted by Gasteiger charge is -2.20. The zero-order valence-corrected chi connectivity index (χ0v) is 23.0. The van der Waals surface area contributed by atoms with Crippen molar-refractivity contribution in [1.29, 1.82) is 0 Å². The van der Waals surface area contributed by atoms with Crippen molar-refractivity contribution in [3.05, 3.63) is 142 Å². The van der Waals surface area contributed by atoms with Crippen LogP contribution in [0.25, 0.3) is 5.69 Å². The smallest absolute Gasteiger partial charge is 0.269 e. The maximum atomic E-state index is 13.4. The number of ether oxygens (including phenoxy) is 1. The largest absolute Gasteiger partial charge is 0.497 e. The summed E-state index contributed by atoms with van der Waals surface area (Å²) in [5.74, 6) is 1.54. The van der Waals surface area contributed by atoms with Gasteiger partial charge in [-0.05, 0) is 53.9 Å². The van der Waals surface area contributed by atoms with E-state index in [1.165, 1.54) is 23.9 Å². The summed E-state index contributed by atoms with van der Waals surface area (Å²) in [6.45, 7) is 0. The number of benzene rings is 4. The predicted octanol–water partition coefficient (Wildman–Crippen LogP) is 6.19. The molecule has 0 bridgehead atoms. The number of hydrogen-bond donors (Lipinski definition) is 1. The molecule has 0 aliphatic carbocycles. The van der Waals surface area contributed by atoms with Crippen molar-refractivity contribution in [1.82, 2.24) is 20.1 Å². The fourth-order valence-electron chi connectivity index (χ4n) is 4.33. The van der Waals surface area contributed by atoms with E-state index in [2.05, 4.69) is 15.5 Å². The molecule has 0 fully saturated rings. The van der Waals surface area contributed by atoms with E-state index < -0.39 is 11.0 Å². The zero-order chi connectivity index (χ0) is 28.6. The van der Waals surface area contributed by atoms with Gasteiger partial charge in [0.15, 0.2) is 11.0 Å². The van der Waals surface area contributed by atoms with E-state index in [-0.39, 0.29) is 11.6 Å². The molecule has 5 rings (SSSR count). The second-order valence-electron chi connectivity index (χ2n) is 9.17. The van der Waals surface area contributed by atoms with Gasteiger partial charge in [-0.3, -0.25) is 19.5 Å². The molecule has 41 heavy (non-hydrogen) atoms. The fraction of sp³-hybridized carbons (Fsp3) is 0.129. The normalized spacial score (nSPS) is 11.5. The predicted molar refractivity (Wildman–Crippen MR) is 157 cm³/mol. The van der Waals surface area contributed by atoms with Gasteiger partial charge in [0.25, 0.3) is 11.6 Å². The lowest BCUT2D eigenvalue weighted by Crippen LogP contribution is -2.32. The second kappa shape index (κ2) is 12.9. The molecule has 1 heterocycles. The summed E-state index contributed by atoms with van der Waals surface area (Å²) in [5.41, 5.74) is 3.23. The summed E-state index contributed by atoms with van der Waals surface area (Å²) in [7, 11) is 1.57. The number of nitrogens with one attached hydrogen (secondary N) is 1. The van der Waals surface area contributed by atoms with Gasteiger partial charge in [0.05, 0.1) is 18.1 Å². The van der Waals surface area contributed by atoms with Crippen LogP contribution in [0.1, 0.15) is 33.4 Å². The number of nitrogens with zero attached hydrogens (tertiary/aromatic N) is 4. The number of carbonyl (C=O) groups excluding carboxylic acids is 1. The molecule has 10 heteroatoms. The molecule has 1 atom stereocenters. The molecule has 4 aromatic carbocycles. The van der Waals surface area contributed by atoms with Crippen LogP contribution in [-0.2, 0) is 12.2 Å². The van der Waals surface area contributed by atoms with Crippen LogP contribution in [0.15, 0.2) is 114 Å². The molecule has 5 aromatic rings. The van der Waals surface area contributed by atoms with Gasteiger partial charge in [-0.15, -0.1) is 10.2 Å². The Kier molecular flexibility index (Phi) is 8.70. The molecule has 1 N–H and O–H groups in total. The van der Waals surface area contributed by atoms with Gasteiger partial charge < -0.3 is 10.1 Å². The van der Waals surface area contributed by atoms with Gasteiger partial charge in [-0.25, -0.2) is 0 Å². The molecule has 0 spiro atoms. The van der Waals surface area contributed by atoms with Gasteiger partial charge in [0, 0.05) is 29.1 Å². The molecule has 0 saturated carbocycles. The van der Waals surface area contributed by atoms with Crippen molar-refractivity contribution >= 4 is 23.4 Å². The summed E-state index contributed by atoms with van der Waals surface area (Å²) in [6.07, 6.45) is 0.456. The van der Waals surface area contributed by atoms with Crippen molar-refractivity contribution in [3.63, 3.8) is 0 Å². The molecule has 0 aliphatic rings. The van der Waals surface area contributed by atoms with Crippen LogP contribution in [0.2, 0.25) is 0 Å². The molecule has 0 saturated heterocycles.